The van der Waals surface area contributed by atoms with Crippen LogP contribution in [0.1, 0.15) is 12.3 Å². The van der Waals surface area contributed by atoms with Gasteiger partial charge < -0.3 is 9.63 Å². The molecule has 2 rings (SSSR count). The monoisotopic (exact) mass is 263 g/mol. The molecule has 0 atom stereocenters. The number of carboxylic acid groups (broad SMARTS) is 1. The molecule has 0 aliphatic heterocycles. The summed E-state index contributed by atoms with van der Waals surface area (Å²) in [6.07, 6.45) is 0.00777. The normalized spacial score (nSPS) is 10.3. The molecule has 0 spiro atoms. The topological polar surface area (TPSA) is 119 Å². The quantitative estimate of drug-likeness (QED) is 0.643. The molecule has 1 heterocycles. The lowest BCUT2D eigenvalue weighted by Crippen LogP contribution is -1.97. The highest BCUT2D eigenvalue weighted by molar-refractivity contribution is 5.66. The summed E-state index contributed by atoms with van der Waals surface area (Å²) in [4.78, 5) is 24.5. The number of carboxylic acids is 1. The van der Waals surface area contributed by atoms with Crippen LogP contribution < -0.4 is 0 Å². The lowest BCUT2D eigenvalue weighted by atomic mass is 10.2. The predicted octanol–water partition coefficient (Wildman–Crippen LogP) is 1.66. The minimum Gasteiger partial charge on any atom is -0.481 e. The Hall–Kier alpha value is -2.77. The van der Waals surface area contributed by atoms with Crippen molar-refractivity contribution < 1.29 is 19.3 Å². The minimum absolute atomic E-state index is 0.0746. The molecule has 0 amide bonds. The molecule has 1 N–H and O–H groups in total. The number of nitro groups is 1. The molecule has 98 valence electrons. The van der Waals surface area contributed by atoms with Gasteiger partial charge in [0.05, 0.1) is 11.3 Å². The van der Waals surface area contributed by atoms with Crippen LogP contribution >= 0.6 is 0 Å². The number of hydrogen-bond donors (Lipinski definition) is 1. The number of rotatable bonds is 5. The van der Waals surface area contributed by atoms with Gasteiger partial charge in [0.1, 0.15) is 0 Å². The number of nitro benzene ring substituents is 1. The van der Waals surface area contributed by atoms with Gasteiger partial charge in [0.25, 0.3) is 5.69 Å². The highest BCUT2D eigenvalue weighted by atomic mass is 16.6. The number of carbonyl (C=O) groups is 1. The summed E-state index contributed by atoms with van der Waals surface area (Å²) < 4.78 is 4.88. The van der Waals surface area contributed by atoms with Gasteiger partial charge in [0.15, 0.2) is 0 Å². The Morgan fingerprint density at radius 1 is 1.47 bits per heavy atom. The Kier molecular flexibility index (Phi) is 3.51. The summed E-state index contributed by atoms with van der Waals surface area (Å²) in [6, 6.07) is 5.81. The van der Waals surface area contributed by atoms with Crippen LogP contribution in [0.4, 0.5) is 5.69 Å². The molecule has 2 aromatic rings. The molecule has 0 unspecified atom stereocenters. The highest BCUT2D eigenvalue weighted by Gasteiger charge is 2.13. The standard InChI is InChI=1S/C11H9N3O5/c15-10(16)5-4-9-12-11(13-19-9)7-2-1-3-8(6-7)14(17)18/h1-3,6H,4-5H2,(H,15,16). The average Bonchev–Trinajstić information content (AvgIpc) is 2.85. The summed E-state index contributed by atoms with van der Waals surface area (Å²) in [5.41, 5.74) is 0.369. The molecule has 0 aliphatic rings. The summed E-state index contributed by atoms with van der Waals surface area (Å²) in [5.74, 6) is -0.580. The van der Waals surface area contributed by atoms with E-state index in [1.54, 1.807) is 6.07 Å². The third kappa shape index (κ3) is 3.12. The van der Waals surface area contributed by atoms with E-state index in [1.807, 2.05) is 0 Å². The first kappa shape index (κ1) is 12.7. The van der Waals surface area contributed by atoms with Gasteiger partial charge in [0, 0.05) is 24.1 Å². The summed E-state index contributed by atoms with van der Waals surface area (Å²) >= 11 is 0. The Labute approximate surface area is 106 Å². The van der Waals surface area contributed by atoms with Crippen molar-refractivity contribution >= 4 is 11.7 Å². The van der Waals surface area contributed by atoms with Crippen molar-refractivity contribution in [3.05, 3.63) is 40.3 Å². The fraction of sp³-hybridized carbons (Fsp3) is 0.182. The van der Waals surface area contributed by atoms with Gasteiger partial charge in [-0.2, -0.15) is 4.98 Å². The first-order valence-corrected chi connectivity index (χ1v) is 5.35. The summed E-state index contributed by atoms with van der Waals surface area (Å²) in [7, 11) is 0. The molecule has 0 saturated carbocycles. The number of aromatic nitrogens is 2. The van der Waals surface area contributed by atoms with E-state index in [4.69, 9.17) is 9.63 Å². The molecule has 0 aliphatic carbocycles. The van der Waals surface area contributed by atoms with Gasteiger partial charge in [-0.15, -0.1) is 0 Å². The van der Waals surface area contributed by atoms with Crippen LogP contribution in [0.2, 0.25) is 0 Å². The maximum absolute atomic E-state index is 10.6. The van der Waals surface area contributed by atoms with E-state index >= 15 is 0 Å². The number of aliphatic carboxylic acids is 1. The van der Waals surface area contributed by atoms with E-state index in [1.165, 1.54) is 18.2 Å². The second kappa shape index (κ2) is 5.25. The Morgan fingerprint density at radius 2 is 2.26 bits per heavy atom. The maximum Gasteiger partial charge on any atom is 0.303 e. The van der Waals surface area contributed by atoms with Crippen LogP contribution in [0, 0.1) is 10.1 Å². The lowest BCUT2D eigenvalue weighted by molar-refractivity contribution is -0.384. The zero-order chi connectivity index (χ0) is 13.8. The second-order valence-electron chi connectivity index (χ2n) is 3.71. The fourth-order valence-electron chi connectivity index (χ4n) is 1.45. The molecule has 1 aromatic carbocycles. The first-order chi connectivity index (χ1) is 9.06. The van der Waals surface area contributed by atoms with Crippen LogP contribution in [0.5, 0.6) is 0 Å². The Balaban J connectivity index is 2.20. The molecular weight excluding hydrogens is 254 g/mol. The van der Waals surface area contributed by atoms with E-state index in [0.29, 0.717) is 5.56 Å². The number of hydrogen-bond acceptors (Lipinski definition) is 6. The van der Waals surface area contributed by atoms with Crippen molar-refractivity contribution in [1.82, 2.24) is 10.1 Å². The predicted molar refractivity (Wildman–Crippen MR) is 62.3 cm³/mol. The molecule has 0 saturated heterocycles. The molecule has 8 heteroatoms. The number of non-ortho nitro benzene ring substituents is 1. The summed E-state index contributed by atoms with van der Waals surface area (Å²) in [5, 5.41) is 22.8. The lowest BCUT2D eigenvalue weighted by Gasteiger charge is -1.94. The first-order valence-electron chi connectivity index (χ1n) is 5.35. The van der Waals surface area contributed by atoms with Crippen LogP contribution in [0.25, 0.3) is 11.4 Å². The summed E-state index contributed by atoms with van der Waals surface area (Å²) in [6.45, 7) is 0. The molecule has 0 fully saturated rings. The largest absolute Gasteiger partial charge is 0.481 e. The zero-order valence-electron chi connectivity index (χ0n) is 9.65. The Bertz CT molecular complexity index is 622. The second-order valence-corrected chi connectivity index (χ2v) is 3.71. The van der Waals surface area contributed by atoms with E-state index in [0.717, 1.165) is 0 Å². The molecular formula is C11H9N3O5. The van der Waals surface area contributed by atoms with E-state index in [-0.39, 0.29) is 30.2 Å². The average molecular weight is 263 g/mol. The molecule has 0 radical (unpaired) electrons. The third-order valence-corrected chi connectivity index (χ3v) is 2.34. The zero-order valence-corrected chi connectivity index (χ0v) is 9.65. The van der Waals surface area contributed by atoms with E-state index in [9.17, 15) is 14.9 Å². The number of nitrogens with zero attached hydrogens (tertiary/aromatic N) is 3. The van der Waals surface area contributed by atoms with Crippen LogP contribution in [0.15, 0.2) is 28.8 Å². The van der Waals surface area contributed by atoms with Crippen LogP contribution in [-0.4, -0.2) is 26.1 Å². The smallest absolute Gasteiger partial charge is 0.303 e. The van der Waals surface area contributed by atoms with Crippen molar-refractivity contribution in [3.63, 3.8) is 0 Å². The minimum atomic E-state index is -0.963. The van der Waals surface area contributed by atoms with Crippen molar-refractivity contribution in [2.45, 2.75) is 12.8 Å². The van der Waals surface area contributed by atoms with Gasteiger partial charge >= 0.3 is 5.97 Å². The van der Waals surface area contributed by atoms with Gasteiger partial charge in [0.2, 0.25) is 11.7 Å². The third-order valence-electron chi connectivity index (χ3n) is 2.34. The van der Waals surface area contributed by atoms with Gasteiger partial charge in [-0.25, -0.2) is 0 Å². The highest BCUT2D eigenvalue weighted by Crippen LogP contribution is 2.21. The van der Waals surface area contributed by atoms with Gasteiger partial charge in [-0.3, -0.25) is 14.9 Å². The van der Waals surface area contributed by atoms with E-state index in [2.05, 4.69) is 10.1 Å². The fourth-order valence-corrected chi connectivity index (χ4v) is 1.45. The number of aryl methyl sites for hydroxylation is 1. The van der Waals surface area contributed by atoms with Crippen molar-refractivity contribution in [2.24, 2.45) is 0 Å². The molecule has 19 heavy (non-hydrogen) atoms. The van der Waals surface area contributed by atoms with E-state index < -0.39 is 10.9 Å². The maximum atomic E-state index is 10.6. The van der Waals surface area contributed by atoms with Crippen LogP contribution in [0.3, 0.4) is 0 Å². The Morgan fingerprint density at radius 3 is 2.95 bits per heavy atom. The molecule has 8 nitrogen and oxygen atoms in total. The number of benzene rings is 1. The van der Waals surface area contributed by atoms with Crippen molar-refractivity contribution in [3.8, 4) is 11.4 Å². The van der Waals surface area contributed by atoms with Crippen molar-refractivity contribution in [1.29, 1.82) is 0 Å². The van der Waals surface area contributed by atoms with Crippen molar-refractivity contribution in [2.75, 3.05) is 0 Å². The SMILES string of the molecule is O=C(O)CCc1nc(-c2cccc([N+](=O)[O-])c2)no1. The van der Waals surface area contributed by atoms with Gasteiger partial charge in [-0.05, 0) is 0 Å². The van der Waals surface area contributed by atoms with Crippen LogP contribution in [-0.2, 0) is 11.2 Å². The van der Waals surface area contributed by atoms with Gasteiger partial charge in [-0.1, -0.05) is 17.3 Å². The molecule has 1 aromatic heterocycles. The molecule has 0 bridgehead atoms.